The van der Waals surface area contributed by atoms with Crippen LogP contribution in [0.25, 0.3) is 11.0 Å². The molecule has 0 aliphatic carbocycles. The monoisotopic (exact) mass is 449 g/mol. The number of methoxy groups -OCH3 is 1. The summed E-state index contributed by atoms with van der Waals surface area (Å²) in [5, 5.41) is 0.614. The van der Waals surface area contributed by atoms with Gasteiger partial charge in [0.25, 0.3) is 5.91 Å². The van der Waals surface area contributed by atoms with Gasteiger partial charge in [0.05, 0.1) is 24.1 Å². The van der Waals surface area contributed by atoms with Crippen molar-refractivity contribution in [3.63, 3.8) is 0 Å². The van der Waals surface area contributed by atoms with Crippen LogP contribution in [-0.2, 0) is 6.54 Å². The molecular weight excluding hydrogens is 433 g/mol. The molecule has 0 fully saturated rings. The van der Waals surface area contributed by atoms with Crippen molar-refractivity contribution in [2.75, 3.05) is 7.11 Å². The second-order valence-electron chi connectivity index (χ2n) is 7.52. The molecule has 160 valence electrons. The van der Waals surface area contributed by atoms with Crippen molar-refractivity contribution in [1.29, 1.82) is 0 Å². The largest absolute Gasteiger partial charge is 0.497 e. The third kappa shape index (κ3) is 3.24. The normalized spacial score (nSPS) is 15.3. The predicted octanol–water partition coefficient (Wildman–Crippen LogP) is 5.34. The highest BCUT2D eigenvalue weighted by atomic mass is 35.5. The van der Waals surface area contributed by atoms with Gasteiger partial charge in [0.15, 0.2) is 5.43 Å². The van der Waals surface area contributed by atoms with Gasteiger partial charge >= 0.3 is 0 Å². The number of rotatable bonds is 4. The highest BCUT2D eigenvalue weighted by Crippen LogP contribution is 2.40. The van der Waals surface area contributed by atoms with Crippen LogP contribution in [0.1, 0.15) is 33.3 Å². The van der Waals surface area contributed by atoms with Crippen LogP contribution in [0.5, 0.6) is 5.75 Å². The number of carbonyl (C=O) groups is 1. The first-order chi connectivity index (χ1) is 15.5. The molecule has 1 aliphatic heterocycles. The van der Waals surface area contributed by atoms with Gasteiger partial charge in [-0.3, -0.25) is 9.59 Å². The van der Waals surface area contributed by atoms with E-state index in [-0.39, 0.29) is 34.4 Å². The minimum Gasteiger partial charge on any atom is -0.497 e. The summed E-state index contributed by atoms with van der Waals surface area (Å²) in [5.41, 5.74) is 0.992. The molecule has 0 radical (unpaired) electrons. The number of hydrogen-bond acceptors (Lipinski definition) is 4. The molecule has 32 heavy (non-hydrogen) atoms. The van der Waals surface area contributed by atoms with Gasteiger partial charge in [-0.25, -0.2) is 4.39 Å². The van der Waals surface area contributed by atoms with Gasteiger partial charge in [-0.05, 0) is 42.0 Å². The third-order valence-electron chi connectivity index (χ3n) is 5.64. The van der Waals surface area contributed by atoms with Gasteiger partial charge in [0, 0.05) is 17.1 Å². The molecule has 4 aromatic rings. The van der Waals surface area contributed by atoms with Crippen LogP contribution < -0.4 is 10.2 Å². The number of nitrogens with zero attached hydrogens (tertiary/aromatic N) is 1. The van der Waals surface area contributed by atoms with E-state index in [1.807, 2.05) is 12.1 Å². The van der Waals surface area contributed by atoms with Crippen LogP contribution >= 0.6 is 11.6 Å². The van der Waals surface area contributed by atoms with E-state index >= 15 is 0 Å². The van der Waals surface area contributed by atoms with Crippen LogP contribution in [0, 0.1) is 5.82 Å². The molecule has 0 saturated heterocycles. The Morgan fingerprint density at radius 3 is 2.53 bits per heavy atom. The number of amides is 1. The first-order valence-electron chi connectivity index (χ1n) is 9.92. The number of carbonyl (C=O) groups excluding carboxylic acids is 1. The van der Waals surface area contributed by atoms with Gasteiger partial charge in [-0.2, -0.15) is 0 Å². The predicted molar refractivity (Wildman–Crippen MR) is 119 cm³/mol. The Morgan fingerprint density at radius 2 is 1.81 bits per heavy atom. The zero-order chi connectivity index (χ0) is 22.4. The van der Waals surface area contributed by atoms with E-state index in [9.17, 15) is 14.0 Å². The molecule has 2 heterocycles. The molecule has 3 aromatic carbocycles. The molecule has 1 amide bonds. The Balaban J connectivity index is 1.71. The molecule has 1 aliphatic rings. The van der Waals surface area contributed by atoms with Crippen LogP contribution in [0.2, 0.25) is 5.02 Å². The van der Waals surface area contributed by atoms with Gasteiger partial charge in [-0.1, -0.05) is 41.9 Å². The van der Waals surface area contributed by atoms with Crippen molar-refractivity contribution in [3.8, 4) is 5.75 Å². The van der Waals surface area contributed by atoms with E-state index in [1.165, 1.54) is 17.0 Å². The third-order valence-corrected chi connectivity index (χ3v) is 5.87. The molecule has 5 rings (SSSR count). The molecular formula is C25H17ClFNO4. The Bertz CT molecular complexity index is 1410. The minimum atomic E-state index is -0.930. The summed E-state index contributed by atoms with van der Waals surface area (Å²) < 4.78 is 25.9. The van der Waals surface area contributed by atoms with Gasteiger partial charge in [-0.15, -0.1) is 0 Å². The molecule has 0 saturated carbocycles. The molecule has 0 bridgehead atoms. The molecule has 5 nitrogen and oxygen atoms in total. The second-order valence-corrected chi connectivity index (χ2v) is 7.96. The van der Waals surface area contributed by atoms with Gasteiger partial charge in [0.1, 0.15) is 17.1 Å². The van der Waals surface area contributed by atoms with Gasteiger partial charge < -0.3 is 14.1 Å². The summed E-state index contributed by atoms with van der Waals surface area (Å²) in [4.78, 5) is 28.3. The lowest BCUT2D eigenvalue weighted by molar-refractivity contribution is 0.0712. The molecule has 0 spiro atoms. The molecule has 7 heteroatoms. The van der Waals surface area contributed by atoms with Crippen LogP contribution in [-0.4, -0.2) is 17.9 Å². The maximum absolute atomic E-state index is 14.9. The summed E-state index contributed by atoms with van der Waals surface area (Å²) in [6, 6.07) is 17.0. The van der Waals surface area contributed by atoms with E-state index in [4.69, 9.17) is 20.8 Å². The molecule has 1 aromatic heterocycles. The van der Waals surface area contributed by atoms with Crippen molar-refractivity contribution in [2.24, 2.45) is 0 Å². The number of ether oxygens (including phenoxy) is 1. The summed E-state index contributed by atoms with van der Waals surface area (Å²) in [6.45, 7) is 0.155. The highest BCUT2D eigenvalue weighted by molar-refractivity contribution is 6.31. The number of halogens is 2. The average molecular weight is 450 g/mol. The summed E-state index contributed by atoms with van der Waals surface area (Å²) >= 11 is 6.08. The summed E-state index contributed by atoms with van der Waals surface area (Å²) in [7, 11) is 1.57. The fourth-order valence-corrected chi connectivity index (χ4v) is 4.28. The minimum absolute atomic E-state index is 0.0772. The summed E-state index contributed by atoms with van der Waals surface area (Å²) in [6.07, 6.45) is 0. The van der Waals surface area contributed by atoms with E-state index in [2.05, 4.69) is 0 Å². The topological polar surface area (TPSA) is 59.8 Å². The lowest BCUT2D eigenvalue weighted by Crippen LogP contribution is -2.29. The standard InChI is InChI=1S/C25H17ClFNO4/c1-31-16-9-6-14(7-10-16)13-28-22(17-4-2-3-5-19(17)27)21-23(29)18-12-15(26)8-11-20(18)32-24(21)25(28)30/h2-12,22H,13H2,1H3/t22-/m1/s1. The average Bonchev–Trinajstić information content (AvgIpc) is 3.07. The van der Waals surface area contributed by atoms with E-state index in [1.54, 1.807) is 49.6 Å². The number of hydrogen-bond donors (Lipinski definition) is 0. The van der Waals surface area contributed by atoms with Crippen molar-refractivity contribution >= 4 is 28.5 Å². The maximum Gasteiger partial charge on any atom is 0.291 e. The Kier molecular flexibility index (Phi) is 4.94. The maximum atomic E-state index is 14.9. The Labute approximate surface area is 187 Å². The highest BCUT2D eigenvalue weighted by Gasteiger charge is 2.43. The molecule has 0 unspecified atom stereocenters. The fraction of sp³-hybridized carbons (Fsp3) is 0.120. The van der Waals surface area contributed by atoms with E-state index in [0.29, 0.717) is 10.8 Å². The quantitative estimate of drug-likeness (QED) is 0.422. The van der Waals surface area contributed by atoms with Crippen LogP contribution in [0.15, 0.2) is 75.9 Å². The number of fused-ring (bicyclic) bond motifs is 2. The van der Waals surface area contributed by atoms with Crippen molar-refractivity contribution < 1.29 is 18.3 Å². The molecule has 0 N–H and O–H groups in total. The van der Waals surface area contributed by atoms with Gasteiger partial charge in [0.2, 0.25) is 5.76 Å². The lowest BCUT2D eigenvalue weighted by atomic mass is 9.98. The van der Waals surface area contributed by atoms with Crippen molar-refractivity contribution in [2.45, 2.75) is 12.6 Å². The molecule has 1 atom stereocenters. The Morgan fingerprint density at radius 1 is 1.06 bits per heavy atom. The SMILES string of the molecule is COc1ccc(CN2C(=O)c3oc4ccc(Cl)cc4c(=O)c3[C@H]2c2ccccc2F)cc1. The fourth-order valence-electron chi connectivity index (χ4n) is 4.10. The van der Waals surface area contributed by atoms with Crippen molar-refractivity contribution in [3.05, 3.63) is 110 Å². The first kappa shape index (κ1) is 20.3. The van der Waals surface area contributed by atoms with Crippen LogP contribution in [0.3, 0.4) is 0 Å². The second kappa shape index (κ2) is 7.80. The summed E-state index contributed by atoms with van der Waals surface area (Å²) in [5.74, 6) is -0.386. The smallest absolute Gasteiger partial charge is 0.291 e. The van der Waals surface area contributed by atoms with Crippen molar-refractivity contribution in [1.82, 2.24) is 4.90 Å². The van der Waals surface area contributed by atoms with Crippen LogP contribution in [0.4, 0.5) is 4.39 Å². The Hall–Kier alpha value is -3.64. The zero-order valence-electron chi connectivity index (χ0n) is 17.0. The lowest BCUT2D eigenvalue weighted by Gasteiger charge is -2.25. The number of benzene rings is 3. The van der Waals surface area contributed by atoms with E-state index in [0.717, 1.165) is 5.56 Å². The first-order valence-corrected chi connectivity index (χ1v) is 10.3. The van der Waals surface area contributed by atoms with E-state index < -0.39 is 23.2 Å². The zero-order valence-corrected chi connectivity index (χ0v) is 17.7.